The van der Waals surface area contributed by atoms with E-state index in [1.165, 1.54) is 99.8 Å². The number of hydrogen-bond donors (Lipinski definition) is 0. The van der Waals surface area contributed by atoms with Crippen molar-refractivity contribution in [3.05, 3.63) is 207 Å². The Balaban J connectivity index is 1.49. The summed E-state index contributed by atoms with van der Waals surface area (Å²) < 4.78 is 2.71. The molecule has 1 nitrogen and oxygen atoms in total. The molecule has 11 rings (SSSR count). The molecule has 3 heterocycles. The smallest absolute Gasteiger partial charge is 0.0754 e. The first-order chi connectivity index (χ1) is 25.0. The Kier molecular flexibility index (Phi) is 5.70. The van der Waals surface area contributed by atoms with Gasteiger partial charge in [-0.1, -0.05) is 158 Å². The fourth-order valence-electron chi connectivity index (χ4n) is 10.6. The van der Waals surface area contributed by atoms with Crippen LogP contribution in [0.1, 0.15) is 87.4 Å². The van der Waals surface area contributed by atoms with E-state index in [0.717, 1.165) is 6.42 Å². The van der Waals surface area contributed by atoms with Crippen LogP contribution < -0.4 is 0 Å². The van der Waals surface area contributed by atoms with Gasteiger partial charge in [0.2, 0.25) is 0 Å². The Morgan fingerprint density at radius 2 is 0.941 bits per heavy atom. The minimum atomic E-state index is -0.532. The van der Waals surface area contributed by atoms with Crippen LogP contribution in [0.25, 0.3) is 38.6 Å². The van der Waals surface area contributed by atoms with Gasteiger partial charge in [0, 0.05) is 10.8 Å². The first-order valence-corrected chi connectivity index (χ1v) is 18.6. The van der Waals surface area contributed by atoms with Crippen LogP contribution in [-0.2, 0) is 10.8 Å². The molecule has 1 spiro atoms. The molecule has 1 heteroatoms. The molecule has 8 aromatic rings. The zero-order valence-corrected chi connectivity index (χ0v) is 29.6. The summed E-state index contributed by atoms with van der Waals surface area (Å²) in [6.45, 7) is 9.34. The highest BCUT2D eigenvalue weighted by Crippen LogP contribution is 2.65. The topological polar surface area (TPSA) is 4.93 Å². The van der Waals surface area contributed by atoms with Gasteiger partial charge in [0.1, 0.15) is 0 Å². The molecule has 0 bridgehead atoms. The van der Waals surface area contributed by atoms with Crippen molar-refractivity contribution in [1.82, 2.24) is 4.57 Å². The van der Waals surface area contributed by atoms with E-state index in [9.17, 15) is 0 Å². The standard InChI is InChI=1S/C50H39N/c1-5-32(4)33-28-44-48-45(29-33)50(40-22-14-12-20-36(40)37-21-13-15-23-41(37)50)43-27-31(3)25-39-38-24-30(2)26-42(46(38)51(48)47(39)43)49(44,34-16-8-6-9-17-34)35-18-10-7-11-19-35/h6-29,32H,5H2,1-4H3. The third-order valence-electron chi connectivity index (χ3n) is 12.8. The molecule has 244 valence electrons. The van der Waals surface area contributed by atoms with Gasteiger partial charge >= 0.3 is 0 Å². The maximum Gasteiger partial charge on any atom is 0.0754 e. The average molecular weight is 654 g/mol. The summed E-state index contributed by atoms with van der Waals surface area (Å²) >= 11 is 0. The van der Waals surface area contributed by atoms with Crippen molar-refractivity contribution < 1.29 is 0 Å². The van der Waals surface area contributed by atoms with E-state index in [1.54, 1.807) is 0 Å². The number of rotatable bonds is 4. The Labute approximate surface area is 299 Å². The van der Waals surface area contributed by atoms with E-state index in [2.05, 4.69) is 178 Å². The molecule has 7 aromatic carbocycles. The van der Waals surface area contributed by atoms with Gasteiger partial charge in [-0.3, -0.25) is 0 Å². The van der Waals surface area contributed by atoms with Crippen LogP contribution in [-0.4, -0.2) is 4.57 Å². The van der Waals surface area contributed by atoms with Gasteiger partial charge in [0.05, 0.1) is 27.6 Å². The molecule has 0 saturated heterocycles. The van der Waals surface area contributed by atoms with Crippen molar-refractivity contribution >= 4 is 21.8 Å². The minimum Gasteiger partial charge on any atom is -0.308 e. The molecule has 0 fully saturated rings. The molecule has 0 amide bonds. The van der Waals surface area contributed by atoms with Gasteiger partial charge in [-0.05, 0) is 99.5 Å². The van der Waals surface area contributed by atoms with Crippen LogP contribution in [0.15, 0.2) is 146 Å². The zero-order chi connectivity index (χ0) is 34.2. The quantitative estimate of drug-likeness (QED) is 0.178. The number of nitrogens with zero attached hydrogens (tertiary/aromatic N) is 1. The van der Waals surface area contributed by atoms with E-state index in [0.29, 0.717) is 5.92 Å². The van der Waals surface area contributed by atoms with E-state index < -0.39 is 10.8 Å². The lowest BCUT2D eigenvalue weighted by Crippen LogP contribution is -2.40. The van der Waals surface area contributed by atoms with Gasteiger partial charge in [-0.2, -0.15) is 0 Å². The second-order valence-corrected chi connectivity index (χ2v) is 15.3. The largest absolute Gasteiger partial charge is 0.308 e. The highest BCUT2D eigenvalue weighted by molar-refractivity contribution is 6.16. The summed E-state index contributed by atoms with van der Waals surface area (Å²) in [7, 11) is 0. The van der Waals surface area contributed by atoms with Crippen LogP contribution in [0, 0.1) is 13.8 Å². The molecule has 1 atom stereocenters. The molecule has 3 aliphatic rings. The first-order valence-electron chi connectivity index (χ1n) is 18.6. The van der Waals surface area contributed by atoms with E-state index in [-0.39, 0.29) is 0 Å². The van der Waals surface area contributed by atoms with E-state index >= 15 is 0 Å². The van der Waals surface area contributed by atoms with Crippen LogP contribution in [0.2, 0.25) is 0 Å². The van der Waals surface area contributed by atoms with Crippen molar-refractivity contribution in [2.45, 2.75) is 50.9 Å². The van der Waals surface area contributed by atoms with Gasteiger partial charge in [-0.25, -0.2) is 0 Å². The van der Waals surface area contributed by atoms with Crippen LogP contribution in [0.3, 0.4) is 0 Å². The molecule has 0 N–H and O–H groups in total. The lowest BCUT2D eigenvalue weighted by atomic mass is 9.58. The highest BCUT2D eigenvalue weighted by Gasteiger charge is 2.55. The van der Waals surface area contributed by atoms with Crippen molar-refractivity contribution in [2.24, 2.45) is 0 Å². The van der Waals surface area contributed by atoms with Gasteiger partial charge in [0.15, 0.2) is 0 Å². The molecule has 0 saturated carbocycles. The molecule has 51 heavy (non-hydrogen) atoms. The van der Waals surface area contributed by atoms with Gasteiger partial charge < -0.3 is 4.57 Å². The number of aryl methyl sites for hydroxylation is 2. The molecular weight excluding hydrogens is 615 g/mol. The second kappa shape index (κ2) is 9.98. The predicted molar refractivity (Wildman–Crippen MR) is 212 cm³/mol. The van der Waals surface area contributed by atoms with Crippen LogP contribution in [0.5, 0.6) is 0 Å². The molecular formula is C50H39N. The number of fused-ring (bicyclic) bond motifs is 8. The Bertz CT molecular complexity index is 2590. The van der Waals surface area contributed by atoms with E-state index in [1.807, 2.05) is 0 Å². The number of benzene rings is 7. The monoisotopic (exact) mass is 653 g/mol. The van der Waals surface area contributed by atoms with Crippen LogP contribution in [0.4, 0.5) is 0 Å². The second-order valence-electron chi connectivity index (χ2n) is 15.3. The van der Waals surface area contributed by atoms with Crippen molar-refractivity contribution in [2.75, 3.05) is 0 Å². The third kappa shape index (κ3) is 3.34. The molecule has 0 radical (unpaired) electrons. The summed E-state index contributed by atoms with van der Waals surface area (Å²) in [6, 6.07) is 56.4. The maximum atomic E-state index is 2.71. The third-order valence-corrected chi connectivity index (χ3v) is 12.8. The molecule has 1 unspecified atom stereocenters. The summed E-state index contributed by atoms with van der Waals surface area (Å²) in [4.78, 5) is 0. The summed E-state index contributed by atoms with van der Waals surface area (Å²) in [5, 5.41) is 2.70. The normalized spacial score (nSPS) is 15.8. The molecule has 1 aromatic heterocycles. The summed E-state index contributed by atoms with van der Waals surface area (Å²) in [6.07, 6.45) is 1.07. The lowest BCUT2D eigenvalue weighted by Gasteiger charge is -2.47. The number of aromatic nitrogens is 1. The number of hydrogen-bond acceptors (Lipinski definition) is 0. The maximum absolute atomic E-state index is 2.71. The fraction of sp³-hybridized carbons (Fsp3) is 0.160. The lowest BCUT2D eigenvalue weighted by molar-refractivity contribution is 0.673. The predicted octanol–water partition coefficient (Wildman–Crippen LogP) is 12.3. The van der Waals surface area contributed by atoms with Crippen LogP contribution >= 0.6 is 0 Å². The van der Waals surface area contributed by atoms with Crippen molar-refractivity contribution in [3.8, 4) is 16.8 Å². The van der Waals surface area contributed by atoms with Gasteiger partial charge in [-0.15, -0.1) is 0 Å². The summed E-state index contributed by atoms with van der Waals surface area (Å²) in [5.74, 6) is 0.391. The van der Waals surface area contributed by atoms with Crippen molar-refractivity contribution in [3.63, 3.8) is 0 Å². The van der Waals surface area contributed by atoms with Gasteiger partial charge in [0.25, 0.3) is 0 Å². The van der Waals surface area contributed by atoms with Crippen molar-refractivity contribution in [1.29, 1.82) is 0 Å². The Hall–Kier alpha value is -5.66. The minimum absolute atomic E-state index is 0.391. The fourth-order valence-corrected chi connectivity index (χ4v) is 10.6. The summed E-state index contributed by atoms with van der Waals surface area (Å²) in [5.41, 5.74) is 20.7. The SMILES string of the molecule is CCC(C)c1cc2c3c(c1)C1(c4ccccc4-c4ccccc41)c1cc(C)cc4c5cc(C)cc(c5n-3c14)C2(c1ccccc1)c1ccccc1. The Morgan fingerprint density at radius 1 is 0.490 bits per heavy atom. The Morgan fingerprint density at radius 3 is 1.45 bits per heavy atom. The van der Waals surface area contributed by atoms with E-state index in [4.69, 9.17) is 0 Å². The highest BCUT2D eigenvalue weighted by atomic mass is 15.0. The molecule has 2 aliphatic heterocycles. The molecule has 1 aliphatic carbocycles. The first kappa shape index (κ1) is 29.1. The zero-order valence-electron chi connectivity index (χ0n) is 29.6. The average Bonchev–Trinajstić information content (AvgIpc) is 3.65.